The molecule has 1 aromatic rings. The highest BCUT2D eigenvalue weighted by molar-refractivity contribution is 5.32. The maximum Gasteiger partial charge on any atom is 0.136 e. The van der Waals surface area contributed by atoms with Gasteiger partial charge in [0.05, 0.1) is 13.2 Å². The van der Waals surface area contributed by atoms with Crippen LogP contribution in [0.3, 0.4) is 0 Å². The second-order valence-corrected chi connectivity index (χ2v) is 4.42. The molecule has 82 valence electrons. The molecule has 0 radical (unpaired) electrons. The predicted molar refractivity (Wildman–Crippen MR) is 55.2 cm³/mol. The molecule has 1 N–H and O–H groups in total. The first-order chi connectivity index (χ1) is 7.03. The largest absolute Gasteiger partial charge is 0.380 e. The van der Waals surface area contributed by atoms with Gasteiger partial charge < -0.3 is 9.84 Å². The normalized spacial score (nSPS) is 19.0. The van der Waals surface area contributed by atoms with E-state index >= 15 is 0 Å². The van der Waals surface area contributed by atoms with Gasteiger partial charge in [0.15, 0.2) is 0 Å². The van der Waals surface area contributed by atoms with Crippen LogP contribution in [0.5, 0.6) is 0 Å². The van der Waals surface area contributed by atoms with Crippen molar-refractivity contribution >= 4 is 0 Å². The minimum Gasteiger partial charge on any atom is -0.380 e. The molecule has 2 rings (SSSR count). The van der Waals surface area contributed by atoms with Gasteiger partial charge in [0.1, 0.15) is 11.4 Å². The van der Waals surface area contributed by atoms with E-state index in [1.54, 1.807) is 12.1 Å². The summed E-state index contributed by atoms with van der Waals surface area (Å²) in [6.07, 6.45) is 0. The Kier molecular flexibility index (Phi) is 2.52. The summed E-state index contributed by atoms with van der Waals surface area (Å²) in [6, 6.07) is 4.78. The van der Waals surface area contributed by atoms with Crippen LogP contribution in [0.25, 0.3) is 0 Å². The Bertz CT molecular complexity index is 370. The number of aliphatic hydroxyl groups is 1. The fourth-order valence-electron chi connectivity index (χ4n) is 1.74. The molecule has 1 fully saturated rings. The van der Waals surface area contributed by atoms with Crippen LogP contribution in [0.2, 0.25) is 0 Å². The molecule has 1 aliphatic heterocycles. The van der Waals surface area contributed by atoms with Crippen molar-refractivity contribution in [1.82, 2.24) is 0 Å². The predicted octanol–water partition coefficient (Wildman–Crippen LogP) is 2.17. The number of ether oxygens (including phenoxy) is 1. The van der Waals surface area contributed by atoms with Crippen LogP contribution in [-0.4, -0.2) is 18.3 Å². The molecule has 1 heterocycles. The van der Waals surface area contributed by atoms with E-state index in [1.807, 2.05) is 13.8 Å². The minimum atomic E-state index is -0.905. The highest BCUT2D eigenvalue weighted by Crippen LogP contribution is 2.31. The Morgan fingerprint density at radius 1 is 1.40 bits per heavy atom. The van der Waals surface area contributed by atoms with Gasteiger partial charge in [0.25, 0.3) is 0 Å². The summed E-state index contributed by atoms with van der Waals surface area (Å²) in [6.45, 7) is 4.47. The number of halogens is 1. The highest BCUT2D eigenvalue weighted by Gasteiger charge is 2.38. The third-order valence-electron chi connectivity index (χ3n) is 2.84. The van der Waals surface area contributed by atoms with Gasteiger partial charge in [-0.1, -0.05) is 19.9 Å². The van der Waals surface area contributed by atoms with Crippen LogP contribution in [-0.2, 0) is 10.3 Å². The first-order valence-electron chi connectivity index (χ1n) is 5.13. The van der Waals surface area contributed by atoms with Crippen LogP contribution in [0.15, 0.2) is 18.2 Å². The van der Waals surface area contributed by atoms with Crippen LogP contribution in [0, 0.1) is 5.82 Å². The summed E-state index contributed by atoms with van der Waals surface area (Å²) in [5.41, 5.74) is 0.490. The standard InChI is InChI=1S/C12H15FO2/c1-8(2)10-5-9(3-4-11(10)13)12(14)6-15-7-12/h3-5,8,14H,6-7H2,1-2H3. The number of hydrogen-bond acceptors (Lipinski definition) is 2. The average Bonchev–Trinajstić information content (AvgIpc) is 2.14. The van der Waals surface area contributed by atoms with E-state index in [1.165, 1.54) is 6.07 Å². The summed E-state index contributed by atoms with van der Waals surface area (Å²) < 4.78 is 18.4. The average molecular weight is 210 g/mol. The van der Waals surface area contributed by atoms with Crippen molar-refractivity contribution in [3.63, 3.8) is 0 Å². The molecule has 0 amide bonds. The molecule has 1 aliphatic rings. The van der Waals surface area contributed by atoms with Gasteiger partial charge in [-0.25, -0.2) is 4.39 Å². The Labute approximate surface area is 88.7 Å². The van der Waals surface area contributed by atoms with Gasteiger partial charge in [0.2, 0.25) is 0 Å². The molecule has 2 nitrogen and oxygen atoms in total. The molecule has 0 aromatic heterocycles. The summed E-state index contributed by atoms with van der Waals surface area (Å²) in [5, 5.41) is 10.0. The van der Waals surface area contributed by atoms with Crippen molar-refractivity contribution in [2.45, 2.75) is 25.4 Å². The summed E-state index contributed by atoms with van der Waals surface area (Å²) in [4.78, 5) is 0. The van der Waals surface area contributed by atoms with Crippen molar-refractivity contribution in [1.29, 1.82) is 0 Å². The lowest BCUT2D eigenvalue weighted by Crippen LogP contribution is -2.46. The minimum absolute atomic E-state index is 0.120. The Morgan fingerprint density at radius 2 is 2.07 bits per heavy atom. The van der Waals surface area contributed by atoms with Gasteiger partial charge in [0, 0.05) is 0 Å². The number of hydrogen-bond donors (Lipinski definition) is 1. The molecule has 1 saturated heterocycles. The fraction of sp³-hybridized carbons (Fsp3) is 0.500. The van der Waals surface area contributed by atoms with Gasteiger partial charge in [-0.3, -0.25) is 0 Å². The zero-order chi connectivity index (χ0) is 11.1. The van der Waals surface area contributed by atoms with Crippen molar-refractivity contribution < 1.29 is 14.2 Å². The molecule has 0 bridgehead atoms. The van der Waals surface area contributed by atoms with Crippen LogP contribution in [0.1, 0.15) is 30.9 Å². The van der Waals surface area contributed by atoms with Crippen LogP contribution < -0.4 is 0 Å². The van der Waals surface area contributed by atoms with E-state index in [0.717, 1.165) is 5.56 Å². The van der Waals surface area contributed by atoms with Crippen molar-refractivity contribution in [3.05, 3.63) is 35.1 Å². The van der Waals surface area contributed by atoms with Gasteiger partial charge in [-0.15, -0.1) is 0 Å². The van der Waals surface area contributed by atoms with Crippen LogP contribution >= 0.6 is 0 Å². The first-order valence-corrected chi connectivity index (χ1v) is 5.13. The number of rotatable bonds is 2. The molecular formula is C12H15FO2. The lowest BCUT2D eigenvalue weighted by molar-refractivity contribution is -0.184. The van der Waals surface area contributed by atoms with Crippen molar-refractivity contribution in [3.8, 4) is 0 Å². The van der Waals surface area contributed by atoms with E-state index in [9.17, 15) is 9.50 Å². The van der Waals surface area contributed by atoms with Gasteiger partial charge in [-0.2, -0.15) is 0 Å². The van der Waals surface area contributed by atoms with Gasteiger partial charge >= 0.3 is 0 Å². The van der Waals surface area contributed by atoms with E-state index in [2.05, 4.69) is 0 Å². The van der Waals surface area contributed by atoms with Gasteiger partial charge in [-0.05, 0) is 29.2 Å². The SMILES string of the molecule is CC(C)c1cc(C2(O)COC2)ccc1F. The second-order valence-electron chi connectivity index (χ2n) is 4.42. The smallest absolute Gasteiger partial charge is 0.136 e. The molecule has 0 saturated carbocycles. The molecule has 1 aromatic carbocycles. The molecule has 0 spiro atoms. The quantitative estimate of drug-likeness (QED) is 0.810. The molecule has 0 unspecified atom stereocenters. The summed E-state index contributed by atoms with van der Waals surface area (Å²) in [5.74, 6) is -0.0906. The molecular weight excluding hydrogens is 195 g/mol. The lowest BCUT2D eigenvalue weighted by atomic mass is 9.89. The van der Waals surface area contributed by atoms with Crippen molar-refractivity contribution in [2.75, 3.05) is 13.2 Å². The van der Waals surface area contributed by atoms with E-state index in [0.29, 0.717) is 18.8 Å². The second kappa shape index (κ2) is 3.58. The molecule has 0 atom stereocenters. The van der Waals surface area contributed by atoms with E-state index in [-0.39, 0.29) is 11.7 Å². The van der Waals surface area contributed by atoms with E-state index < -0.39 is 5.60 Å². The topological polar surface area (TPSA) is 29.5 Å². The zero-order valence-corrected chi connectivity index (χ0v) is 8.96. The third-order valence-corrected chi connectivity index (χ3v) is 2.84. The third kappa shape index (κ3) is 1.77. The highest BCUT2D eigenvalue weighted by atomic mass is 19.1. The lowest BCUT2D eigenvalue weighted by Gasteiger charge is -2.37. The Morgan fingerprint density at radius 3 is 2.53 bits per heavy atom. The maximum atomic E-state index is 13.4. The van der Waals surface area contributed by atoms with Crippen molar-refractivity contribution in [2.24, 2.45) is 0 Å². The Hall–Kier alpha value is -0.930. The van der Waals surface area contributed by atoms with E-state index in [4.69, 9.17) is 4.74 Å². The molecule has 15 heavy (non-hydrogen) atoms. The maximum absolute atomic E-state index is 13.4. The molecule has 0 aliphatic carbocycles. The first kappa shape index (κ1) is 10.6. The van der Waals surface area contributed by atoms with Crippen LogP contribution in [0.4, 0.5) is 4.39 Å². The fourth-order valence-corrected chi connectivity index (χ4v) is 1.74. The molecule has 3 heteroatoms. The summed E-state index contributed by atoms with van der Waals surface area (Å²) in [7, 11) is 0. The Balaban J connectivity index is 2.38. The zero-order valence-electron chi connectivity index (χ0n) is 8.96. The number of benzene rings is 1. The summed E-state index contributed by atoms with van der Waals surface area (Å²) >= 11 is 0. The monoisotopic (exact) mass is 210 g/mol.